The molecule has 1 aromatic heterocycles. The molecule has 31 heavy (non-hydrogen) atoms. The summed E-state index contributed by atoms with van der Waals surface area (Å²) in [6, 6.07) is 13.9. The van der Waals surface area contributed by atoms with Crippen molar-refractivity contribution in [2.45, 2.75) is 45.6 Å². The molecule has 1 amide bonds. The third-order valence-electron chi connectivity index (χ3n) is 6.18. The molecule has 158 valence electrons. The lowest BCUT2D eigenvalue weighted by atomic mass is 9.91. The highest BCUT2D eigenvalue weighted by molar-refractivity contribution is 6.37. The lowest BCUT2D eigenvalue weighted by Crippen LogP contribution is -2.11. The Morgan fingerprint density at radius 1 is 1.16 bits per heavy atom. The standard InChI is InChI=1S/C26H25ClN2O2/c1-15-12-17(27)13-20-21(26(30)29-25(15)20)14-23-24(19-10-6-7-11-22(19)31-23)16(2)28-18-8-4-3-5-9-18/h3-5,8-9,12-14,16,28H,6-7,10-11H2,1-2H3,(H,29,30). The molecule has 3 aromatic rings. The molecule has 1 unspecified atom stereocenters. The first-order valence-corrected chi connectivity index (χ1v) is 11.2. The van der Waals surface area contributed by atoms with Crippen molar-refractivity contribution in [3.8, 4) is 0 Å². The molecule has 0 saturated carbocycles. The molecular formula is C26H25ClN2O2. The van der Waals surface area contributed by atoms with E-state index in [4.69, 9.17) is 16.0 Å². The van der Waals surface area contributed by atoms with Gasteiger partial charge in [-0.05, 0) is 74.6 Å². The Hall–Kier alpha value is -2.98. The largest absolute Gasteiger partial charge is 0.461 e. The Morgan fingerprint density at radius 2 is 1.94 bits per heavy atom. The van der Waals surface area contributed by atoms with Crippen molar-refractivity contribution < 1.29 is 9.21 Å². The number of carbonyl (C=O) groups excluding carboxylic acids is 1. The number of anilines is 2. The van der Waals surface area contributed by atoms with Crippen LogP contribution in [0.25, 0.3) is 11.6 Å². The van der Waals surface area contributed by atoms with Gasteiger partial charge < -0.3 is 15.1 Å². The highest BCUT2D eigenvalue weighted by atomic mass is 35.5. The molecule has 1 aliphatic heterocycles. The van der Waals surface area contributed by atoms with Gasteiger partial charge in [-0.3, -0.25) is 4.79 Å². The number of rotatable bonds is 4. The SMILES string of the molecule is Cc1cc(Cl)cc2c1NC(=O)C2=Cc1oc2c(c1C(C)Nc1ccccc1)CCCC2. The van der Waals surface area contributed by atoms with Crippen molar-refractivity contribution in [2.75, 3.05) is 10.6 Å². The molecule has 0 fully saturated rings. The van der Waals surface area contributed by atoms with E-state index in [0.717, 1.165) is 65.3 Å². The van der Waals surface area contributed by atoms with Crippen molar-refractivity contribution in [3.05, 3.63) is 81.3 Å². The van der Waals surface area contributed by atoms with Gasteiger partial charge in [-0.15, -0.1) is 0 Å². The molecule has 2 aliphatic rings. The van der Waals surface area contributed by atoms with E-state index in [9.17, 15) is 4.79 Å². The highest BCUT2D eigenvalue weighted by Gasteiger charge is 2.30. The first-order chi connectivity index (χ1) is 15.0. The maximum absolute atomic E-state index is 12.8. The number of fused-ring (bicyclic) bond motifs is 2. The molecule has 0 bridgehead atoms. The molecule has 2 heterocycles. The van der Waals surface area contributed by atoms with Crippen LogP contribution in [0.5, 0.6) is 0 Å². The second-order valence-corrected chi connectivity index (χ2v) is 8.81. The van der Waals surface area contributed by atoms with Crippen LogP contribution in [0.4, 0.5) is 11.4 Å². The van der Waals surface area contributed by atoms with Gasteiger partial charge in [0.25, 0.3) is 5.91 Å². The van der Waals surface area contributed by atoms with Crippen LogP contribution >= 0.6 is 11.6 Å². The Kier molecular flexibility index (Phi) is 5.11. The van der Waals surface area contributed by atoms with Gasteiger partial charge in [0.2, 0.25) is 0 Å². The van der Waals surface area contributed by atoms with Crippen LogP contribution in [0.1, 0.15) is 59.6 Å². The van der Waals surface area contributed by atoms with Gasteiger partial charge in [0.05, 0.1) is 17.3 Å². The van der Waals surface area contributed by atoms with E-state index in [2.05, 4.69) is 29.7 Å². The number of furan rings is 1. The number of para-hydroxylation sites is 1. The lowest BCUT2D eigenvalue weighted by molar-refractivity contribution is -0.110. The summed E-state index contributed by atoms with van der Waals surface area (Å²) in [6.07, 6.45) is 6.14. The zero-order valence-corrected chi connectivity index (χ0v) is 18.5. The number of carbonyl (C=O) groups is 1. The first kappa shape index (κ1) is 20.0. The summed E-state index contributed by atoms with van der Waals surface area (Å²) in [5.41, 5.74) is 6.71. The Labute approximate surface area is 187 Å². The van der Waals surface area contributed by atoms with Crippen LogP contribution in [0.15, 0.2) is 46.9 Å². The monoisotopic (exact) mass is 432 g/mol. The van der Waals surface area contributed by atoms with E-state index in [1.54, 1.807) is 0 Å². The number of aryl methyl sites for hydroxylation is 2. The topological polar surface area (TPSA) is 54.3 Å². The minimum Gasteiger partial charge on any atom is -0.461 e. The molecule has 0 radical (unpaired) electrons. The van der Waals surface area contributed by atoms with Gasteiger partial charge in [-0.2, -0.15) is 0 Å². The molecule has 4 nitrogen and oxygen atoms in total. The summed E-state index contributed by atoms with van der Waals surface area (Å²) >= 11 is 6.30. The summed E-state index contributed by atoms with van der Waals surface area (Å²) in [5.74, 6) is 1.69. The number of amides is 1. The number of benzene rings is 2. The summed E-state index contributed by atoms with van der Waals surface area (Å²) < 4.78 is 6.35. The smallest absolute Gasteiger partial charge is 0.256 e. The quantitative estimate of drug-likeness (QED) is 0.446. The van der Waals surface area contributed by atoms with Crippen molar-refractivity contribution in [3.63, 3.8) is 0 Å². The molecule has 5 heteroatoms. The highest BCUT2D eigenvalue weighted by Crippen LogP contribution is 2.41. The third kappa shape index (κ3) is 3.66. The van der Waals surface area contributed by atoms with Crippen LogP contribution in [0.2, 0.25) is 5.02 Å². The fourth-order valence-electron chi connectivity index (χ4n) is 4.75. The summed E-state index contributed by atoms with van der Waals surface area (Å²) in [6.45, 7) is 4.11. The van der Waals surface area contributed by atoms with Crippen molar-refractivity contribution >= 4 is 40.5 Å². The summed E-state index contributed by atoms with van der Waals surface area (Å²) in [7, 11) is 0. The van der Waals surface area contributed by atoms with Crippen molar-refractivity contribution in [1.29, 1.82) is 0 Å². The van der Waals surface area contributed by atoms with Gasteiger partial charge in [0, 0.05) is 28.3 Å². The van der Waals surface area contributed by atoms with Crippen molar-refractivity contribution in [2.24, 2.45) is 0 Å². The maximum atomic E-state index is 12.8. The lowest BCUT2D eigenvalue weighted by Gasteiger charge is -2.18. The molecule has 2 aromatic carbocycles. The molecule has 2 N–H and O–H groups in total. The zero-order chi connectivity index (χ0) is 21.5. The van der Waals surface area contributed by atoms with Crippen molar-refractivity contribution in [1.82, 2.24) is 0 Å². The van der Waals surface area contributed by atoms with E-state index < -0.39 is 0 Å². The molecule has 1 atom stereocenters. The van der Waals surface area contributed by atoms with Crippen LogP contribution < -0.4 is 10.6 Å². The van der Waals surface area contributed by atoms with Gasteiger partial charge in [-0.25, -0.2) is 0 Å². The van der Waals surface area contributed by atoms with Gasteiger partial charge in [0.1, 0.15) is 11.5 Å². The zero-order valence-electron chi connectivity index (χ0n) is 17.7. The third-order valence-corrected chi connectivity index (χ3v) is 6.40. The van der Waals surface area contributed by atoms with E-state index >= 15 is 0 Å². The van der Waals surface area contributed by atoms with E-state index in [-0.39, 0.29) is 11.9 Å². The Morgan fingerprint density at radius 3 is 2.74 bits per heavy atom. The minimum absolute atomic E-state index is 0.0462. The second kappa shape index (κ2) is 7.93. The molecule has 5 rings (SSSR count). The minimum atomic E-state index is -0.121. The summed E-state index contributed by atoms with van der Waals surface area (Å²) in [5, 5.41) is 7.21. The first-order valence-electron chi connectivity index (χ1n) is 10.8. The Balaban J connectivity index is 1.61. The van der Waals surface area contributed by atoms with Crippen LogP contribution in [0.3, 0.4) is 0 Å². The number of nitrogens with one attached hydrogen (secondary N) is 2. The fourth-order valence-corrected chi connectivity index (χ4v) is 5.02. The average Bonchev–Trinajstić information content (AvgIpc) is 3.27. The number of hydrogen-bond donors (Lipinski definition) is 2. The van der Waals surface area contributed by atoms with E-state index in [0.29, 0.717) is 10.6 Å². The number of halogens is 1. The second-order valence-electron chi connectivity index (χ2n) is 8.38. The molecule has 0 spiro atoms. The van der Waals surface area contributed by atoms with E-state index in [1.165, 1.54) is 5.56 Å². The van der Waals surface area contributed by atoms with Crippen LogP contribution in [-0.2, 0) is 17.6 Å². The average molecular weight is 433 g/mol. The predicted octanol–water partition coefficient (Wildman–Crippen LogP) is 6.79. The molecular weight excluding hydrogens is 408 g/mol. The summed E-state index contributed by atoms with van der Waals surface area (Å²) in [4.78, 5) is 12.8. The normalized spacial score (nSPS) is 17.3. The van der Waals surface area contributed by atoms with Gasteiger partial charge in [-0.1, -0.05) is 29.8 Å². The maximum Gasteiger partial charge on any atom is 0.256 e. The van der Waals surface area contributed by atoms with Crippen LogP contribution in [-0.4, -0.2) is 5.91 Å². The van der Waals surface area contributed by atoms with E-state index in [1.807, 2.05) is 43.3 Å². The van der Waals surface area contributed by atoms with Gasteiger partial charge >= 0.3 is 0 Å². The van der Waals surface area contributed by atoms with Crippen LogP contribution in [0, 0.1) is 6.92 Å². The fraction of sp³-hybridized carbons (Fsp3) is 0.269. The predicted molar refractivity (Wildman–Crippen MR) is 127 cm³/mol. The van der Waals surface area contributed by atoms with Gasteiger partial charge in [0.15, 0.2) is 0 Å². The molecule has 0 saturated heterocycles. The molecule has 1 aliphatic carbocycles. The Bertz CT molecular complexity index is 1190. The number of hydrogen-bond acceptors (Lipinski definition) is 3.